The Morgan fingerprint density at radius 1 is 1.09 bits per heavy atom. The molecule has 0 spiro atoms. The van der Waals surface area contributed by atoms with Crippen molar-refractivity contribution >= 4 is 17.6 Å². The number of benzene rings is 1. The van der Waals surface area contributed by atoms with Gasteiger partial charge in [-0.2, -0.15) is 9.78 Å². The van der Waals surface area contributed by atoms with E-state index in [1.54, 1.807) is 28.9 Å². The summed E-state index contributed by atoms with van der Waals surface area (Å²) in [4.78, 5) is 33.5. The van der Waals surface area contributed by atoms with Crippen molar-refractivity contribution in [2.75, 3.05) is 5.32 Å². The number of carbonyl (C=O) groups is 2. The fourth-order valence-corrected chi connectivity index (χ4v) is 4.72. The van der Waals surface area contributed by atoms with Gasteiger partial charge in [-0.25, -0.2) is 14.8 Å². The van der Waals surface area contributed by atoms with Crippen LogP contribution in [0.1, 0.15) is 63.7 Å². The summed E-state index contributed by atoms with van der Waals surface area (Å²) in [6.45, 7) is 5.75. The lowest BCUT2D eigenvalue weighted by Crippen LogP contribution is -2.27. The highest BCUT2D eigenvalue weighted by Crippen LogP contribution is 2.47. The lowest BCUT2D eigenvalue weighted by molar-refractivity contribution is -0.116. The van der Waals surface area contributed by atoms with Crippen molar-refractivity contribution in [3.05, 3.63) is 75.4 Å². The van der Waals surface area contributed by atoms with Gasteiger partial charge in [-0.05, 0) is 57.4 Å². The van der Waals surface area contributed by atoms with Gasteiger partial charge in [0.05, 0.1) is 11.3 Å². The average molecular weight is 429 g/mol. The van der Waals surface area contributed by atoms with E-state index >= 15 is 0 Å². The third-order valence-electron chi connectivity index (χ3n) is 6.06. The summed E-state index contributed by atoms with van der Waals surface area (Å²) in [5.41, 5.74) is 6.07. The normalized spacial score (nSPS) is 17.6. The number of ketones is 1. The number of nitrogens with one attached hydrogen (secondary N) is 1. The maximum Gasteiger partial charge on any atom is 0.335 e. The lowest BCUT2D eigenvalue weighted by atomic mass is 9.76. The second-order valence-corrected chi connectivity index (χ2v) is 8.36. The molecule has 0 saturated heterocycles. The number of aromatic carboxylic acids is 1. The Morgan fingerprint density at radius 3 is 2.44 bits per heavy atom. The molecule has 1 aromatic carbocycles. The summed E-state index contributed by atoms with van der Waals surface area (Å²) in [7, 11) is 0. The number of rotatable bonds is 3. The van der Waals surface area contributed by atoms with E-state index in [4.69, 9.17) is 5.10 Å². The van der Waals surface area contributed by atoms with Gasteiger partial charge in [-0.1, -0.05) is 12.1 Å². The number of allylic oxidation sites excluding steroid dienone is 2. The van der Waals surface area contributed by atoms with Gasteiger partial charge in [0.1, 0.15) is 5.82 Å². The fraction of sp³-hybridized carbons (Fsp3) is 0.292. The quantitative estimate of drug-likeness (QED) is 0.651. The molecule has 32 heavy (non-hydrogen) atoms. The Labute approximate surface area is 185 Å². The number of fused-ring (bicyclic) bond motifs is 1. The highest BCUT2D eigenvalue weighted by Gasteiger charge is 2.39. The SMILES string of the molecule is Cc1cc(C)nc(-n2nc(C)c3c2NC2=C(C(=O)CCC2)[C@H]3c2ccc(C(=O)O)cc2)n1. The van der Waals surface area contributed by atoms with E-state index in [0.717, 1.165) is 58.1 Å². The van der Waals surface area contributed by atoms with Gasteiger partial charge in [-0.15, -0.1) is 0 Å². The topological polar surface area (TPSA) is 110 Å². The first-order valence-electron chi connectivity index (χ1n) is 10.6. The maximum absolute atomic E-state index is 13.0. The van der Waals surface area contributed by atoms with Crippen molar-refractivity contribution in [3.8, 4) is 5.95 Å². The Bertz CT molecular complexity index is 1280. The lowest BCUT2D eigenvalue weighted by Gasteiger charge is -2.32. The van der Waals surface area contributed by atoms with Crippen LogP contribution in [0.5, 0.6) is 0 Å². The van der Waals surface area contributed by atoms with Crippen molar-refractivity contribution in [3.63, 3.8) is 0 Å². The van der Waals surface area contributed by atoms with E-state index in [1.165, 1.54) is 0 Å². The minimum absolute atomic E-state index is 0.117. The van der Waals surface area contributed by atoms with Crippen LogP contribution < -0.4 is 5.32 Å². The van der Waals surface area contributed by atoms with Gasteiger partial charge in [0.15, 0.2) is 5.78 Å². The molecule has 8 nitrogen and oxygen atoms in total. The summed E-state index contributed by atoms with van der Waals surface area (Å²) in [5.74, 6) is 0.0500. The minimum Gasteiger partial charge on any atom is -0.478 e. The molecule has 0 saturated carbocycles. The predicted molar refractivity (Wildman–Crippen MR) is 118 cm³/mol. The molecule has 1 atom stereocenters. The van der Waals surface area contributed by atoms with E-state index in [1.807, 2.05) is 26.8 Å². The van der Waals surface area contributed by atoms with Gasteiger partial charge in [0, 0.05) is 40.6 Å². The predicted octanol–water partition coefficient (Wildman–Crippen LogP) is 3.85. The van der Waals surface area contributed by atoms with Gasteiger partial charge in [-0.3, -0.25) is 4.79 Å². The molecule has 2 N–H and O–H groups in total. The number of carboxylic acid groups (broad SMARTS) is 1. The van der Waals surface area contributed by atoms with Crippen LogP contribution in [-0.2, 0) is 4.79 Å². The molecule has 0 unspecified atom stereocenters. The first-order chi connectivity index (χ1) is 15.3. The molecule has 1 aliphatic heterocycles. The van der Waals surface area contributed by atoms with Crippen molar-refractivity contribution in [2.45, 2.75) is 46.0 Å². The molecule has 1 aliphatic carbocycles. The molecule has 3 heterocycles. The number of carboxylic acids is 1. The van der Waals surface area contributed by atoms with E-state index < -0.39 is 5.97 Å². The van der Waals surface area contributed by atoms with Crippen LogP contribution in [0.15, 0.2) is 41.6 Å². The number of aromatic nitrogens is 4. The average Bonchev–Trinajstić information content (AvgIpc) is 3.08. The summed E-state index contributed by atoms with van der Waals surface area (Å²) >= 11 is 0. The Morgan fingerprint density at radius 2 is 1.78 bits per heavy atom. The zero-order valence-electron chi connectivity index (χ0n) is 18.1. The number of carbonyl (C=O) groups excluding carboxylic acids is 1. The molecule has 3 aromatic rings. The van der Waals surface area contributed by atoms with E-state index in [9.17, 15) is 14.7 Å². The van der Waals surface area contributed by atoms with Gasteiger partial charge in [0.25, 0.3) is 5.95 Å². The Hall–Kier alpha value is -3.81. The number of hydrogen-bond donors (Lipinski definition) is 2. The van der Waals surface area contributed by atoms with Crippen molar-refractivity contribution in [1.29, 1.82) is 0 Å². The highest BCUT2D eigenvalue weighted by atomic mass is 16.4. The molecule has 0 radical (unpaired) electrons. The number of hydrogen-bond acceptors (Lipinski definition) is 6. The summed E-state index contributed by atoms with van der Waals surface area (Å²) in [6.07, 6.45) is 2.06. The van der Waals surface area contributed by atoms with Crippen LogP contribution in [-0.4, -0.2) is 36.6 Å². The largest absolute Gasteiger partial charge is 0.478 e. The molecule has 2 aliphatic rings. The Balaban J connectivity index is 1.73. The first kappa shape index (κ1) is 20.1. The molecular formula is C24H23N5O3. The molecule has 162 valence electrons. The zero-order valence-corrected chi connectivity index (χ0v) is 18.1. The smallest absolute Gasteiger partial charge is 0.335 e. The second-order valence-electron chi connectivity index (χ2n) is 8.36. The molecular weight excluding hydrogens is 406 g/mol. The van der Waals surface area contributed by atoms with Gasteiger partial charge in [0.2, 0.25) is 0 Å². The summed E-state index contributed by atoms with van der Waals surface area (Å²) in [6, 6.07) is 8.66. The van der Waals surface area contributed by atoms with Crippen LogP contribution in [0.3, 0.4) is 0 Å². The molecule has 5 rings (SSSR count). The number of nitrogens with zero attached hydrogens (tertiary/aromatic N) is 4. The van der Waals surface area contributed by atoms with E-state index in [-0.39, 0.29) is 17.3 Å². The van der Waals surface area contributed by atoms with Gasteiger partial charge >= 0.3 is 5.97 Å². The third kappa shape index (κ3) is 3.19. The number of aryl methyl sites for hydroxylation is 3. The van der Waals surface area contributed by atoms with Gasteiger partial charge < -0.3 is 10.4 Å². The minimum atomic E-state index is -0.979. The maximum atomic E-state index is 13.0. The summed E-state index contributed by atoms with van der Waals surface area (Å²) < 4.78 is 1.71. The van der Waals surface area contributed by atoms with Crippen LogP contribution >= 0.6 is 0 Å². The number of anilines is 1. The molecule has 0 amide bonds. The Kier molecular flexibility index (Phi) is 4.65. The van der Waals surface area contributed by atoms with Crippen LogP contribution in [0, 0.1) is 20.8 Å². The highest BCUT2D eigenvalue weighted by molar-refractivity contribution is 6.01. The zero-order chi connectivity index (χ0) is 22.6. The first-order valence-corrected chi connectivity index (χ1v) is 10.6. The van der Waals surface area contributed by atoms with E-state index in [0.29, 0.717) is 12.4 Å². The fourth-order valence-electron chi connectivity index (χ4n) is 4.72. The number of Topliss-reactive ketones (excluding diaryl/α,β-unsaturated/α-hetero) is 1. The van der Waals surface area contributed by atoms with Crippen molar-refractivity contribution < 1.29 is 14.7 Å². The van der Waals surface area contributed by atoms with Crippen LogP contribution in [0.25, 0.3) is 5.95 Å². The van der Waals surface area contributed by atoms with Crippen LogP contribution in [0.2, 0.25) is 0 Å². The second kappa shape index (κ2) is 7.40. The molecule has 0 fully saturated rings. The van der Waals surface area contributed by atoms with E-state index in [2.05, 4.69) is 15.3 Å². The van der Waals surface area contributed by atoms with Crippen molar-refractivity contribution in [2.24, 2.45) is 0 Å². The molecule has 0 bridgehead atoms. The molecule has 8 heteroatoms. The summed E-state index contributed by atoms with van der Waals surface area (Å²) in [5, 5.41) is 17.5. The standard InChI is InChI=1S/C24H23N5O3/c1-12-11-13(2)26-24(25-12)29-22-19(14(3)28-29)20(15-7-9-16(10-8-15)23(31)32)21-17(27-22)5-4-6-18(21)30/h7-11,20,27H,4-6H2,1-3H3,(H,31,32)/t20-/m0/s1. The third-order valence-corrected chi connectivity index (χ3v) is 6.06. The van der Waals surface area contributed by atoms with Crippen LogP contribution in [0.4, 0.5) is 5.82 Å². The molecule has 2 aromatic heterocycles. The van der Waals surface area contributed by atoms with Crippen molar-refractivity contribution in [1.82, 2.24) is 19.7 Å². The monoisotopic (exact) mass is 429 g/mol.